The molecule has 20 heavy (non-hydrogen) atoms. The van der Waals surface area contributed by atoms with Crippen molar-refractivity contribution in [3.63, 3.8) is 0 Å². The third-order valence-corrected chi connectivity index (χ3v) is 5.42. The van der Waals surface area contributed by atoms with Gasteiger partial charge < -0.3 is 15.3 Å². The molecule has 2 aliphatic rings. The first-order valence-corrected chi connectivity index (χ1v) is 8.29. The Morgan fingerprint density at radius 1 is 1.35 bits per heavy atom. The number of carbonyl (C=O) groups is 1. The van der Waals surface area contributed by atoms with Crippen LogP contribution in [0.25, 0.3) is 0 Å². The van der Waals surface area contributed by atoms with Crippen molar-refractivity contribution in [2.24, 2.45) is 5.92 Å². The van der Waals surface area contributed by atoms with E-state index in [2.05, 4.69) is 24.2 Å². The second-order valence-electron chi connectivity index (χ2n) is 6.65. The highest BCUT2D eigenvalue weighted by Gasteiger charge is 2.48. The molecule has 2 fully saturated rings. The largest absolute Gasteiger partial charge is 0.480 e. The fourth-order valence-electron chi connectivity index (χ4n) is 3.78. The van der Waals surface area contributed by atoms with E-state index < -0.39 is 11.5 Å². The van der Waals surface area contributed by atoms with Gasteiger partial charge in [0.05, 0.1) is 0 Å². The van der Waals surface area contributed by atoms with Crippen LogP contribution in [0.15, 0.2) is 0 Å². The molecular formula is C16H30N2O2. The van der Waals surface area contributed by atoms with Crippen molar-refractivity contribution in [3.8, 4) is 0 Å². The van der Waals surface area contributed by atoms with Crippen molar-refractivity contribution in [2.75, 3.05) is 20.1 Å². The maximum absolute atomic E-state index is 11.8. The molecule has 2 N–H and O–H groups in total. The van der Waals surface area contributed by atoms with Crippen molar-refractivity contribution in [2.45, 2.75) is 69.9 Å². The number of hydrogen-bond acceptors (Lipinski definition) is 3. The Hall–Kier alpha value is -0.610. The average molecular weight is 282 g/mol. The van der Waals surface area contributed by atoms with Crippen LogP contribution < -0.4 is 5.32 Å². The van der Waals surface area contributed by atoms with Gasteiger partial charge in [0.15, 0.2) is 0 Å². The third-order valence-electron chi connectivity index (χ3n) is 5.42. The van der Waals surface area contributed by atoms with Gasteiger partial charge in [0.2, 0.25) is 0 Å². The molecule has 0 aromatic rings. The molecule has 2 rings (SSSR count). The summed E-state index contributed by atoms with van der Waals surface area (Å²) in [6.45, 7) is 3.94. The Labute approximate surface area is 122 Å². The van der Waals surface area contributed by atoms with E-state index in [9.17, 15) is 9.90 Å². The number of nitrogens with one attached hydrogen (secondary N) is 1. The van der Waals surface area contributed by atoms with E-state index in [4.69, 9.17) is 0 Å². The topological polar surface area (TPSA) is 52.6 Å². The second-order valence-corrected chi connectivity index (χ2v) is 6.65. The summed E-state index contributed by atoms with van der Waals surface area (Å²) in [5.74, 6) is -0.353. The molecule has 0 spiro atoms. The van der Waals surface area contributed by atoms with Crippen LogP contribution in [0.4, 0.5) is 0 Å². The first kappa shape index (κ1) is 15.8. The normalized spacial score (nSPS) is 30.6. The maximum atomic E-state index is 11.8. The Balaban J connectivity index is 1.91. The Kier molecular flexibility index (Phi) is 5.44. The van der Waals surface area contributed by atoms with Gasteiger partial charge in [0, 0.05) is 6.04 Å². The van der Waals surface area contributed by atoms with Crippen molar-refractivity contribution in [1.29, 1.82) is 0 Å². The molecule has 2 saturated carbocycles. The molecule has 4 heteroatoms. The Bertz CT molecular complexity index is 330. The highest BCUT2D eigenvalue weighted by molar-refractivity contribution is 5.79. The van der Waals surface area contributed by atoms with Gasteiger partial charge >= 0.3 is 5.97 Å². The molecule has 0 saturated heterocycles. The molecule has 0 heterocycles. The van der Waals surface area contributed by atoms with Crippen LogP contribution in [0, 0.1) is 5.92 Å². The van der Waals surface area contributed by atoms with Gasteiger partial charge in [-0.1, -0.05) is 19.8 Å². The molecule has 2 unspecified atom stereocenters. The van der Waals surface area contributed by atoms with Gasteiger partial charge in [-0.05, 0) is 64.6 Å². The van der Waals surface area contributed by atoms with Gasteiger partial charge in [-0.25, -0.2) is 0 Å². The van der Waals surface area contributed by atoms with E-state index in [0.717, 1.165) is 51.2 Å². The minimum atomic E-state index is -0.656. The van der Waals surface area contributed by atoms with Crippen LogP contribution in [-0.2, 0) is 4.79 Å². The van der Waals surface area contributed by atoms with Crippen molar-refractivity contribution >= 4 is 5.97 Å². The smallest absolute Gasteiger partial charge is 0.324 e. The number of hydrogen-bond donors (Lipinski definition) is 2. The number of carboxylic acid groups (broad SMARTS) is 1. The minimum Gasteiger partial charge on any atom is -0.480 e. The standard InChI is InChI=1S/C16H30N2O2/c1-3-11-17-16(15(19)20)10-5-6-13(16)9-12-18(2)14-7-4-8-14/h13-14,17H,3-12H2,1-2H3,(H,19,20). The zero-order chi connectivity index (χ0) is 14.6. The summed E-state index contributed by atoms with van der Waals surface area (Å²) in [7, 11) is 2.20. The molecule has 0 aliphatic heterocycles. The first-order chi connectivity index (χ1) is 9.60. The summed E-state index contributed by atoms with van der Waals surface area (Å²) >= 11 is 0. The van der Waals surface area contributed by atoms with E-state index in [1.807, 2.05) is 0 Å². The molecule has 4 nitrogen and oxygen atoms in total. The molecule has 116 valence electrons. The van der Waals surface area contributed by atoms with Crippen LogP contribution in [0.5, 0.6) is 0 Å². The first-order valence-electron chi connectivity index (χ1n) is 8.29. The highest BCUT2D eigenvalue weighted by Crippen LogP contribution is 2.38. The van der Waals surface area contributed by atoms with Crippen molar-refractivity contribution in [3.05, 3.63) is 0 Å². The summed E-state index contributed by atoms with van der Waals surface area (Å²) < 4.78 is 0. The van der Waals surface area contributed by atoms with Crippen molar-refractivity contribution in [1.82, 2.24) is 10.2 Å². The zero-order valence-electron chi connectivity index (χ0n) is 13.0. The summed E-state index contributed by atoms with van der Waals surface area (Å²) in [5.41, 5.74) is -0.656. The molecule has 2 aliphatic carbocycles. The summed E-state index contributed by atoms with van der Waals surface area (Å²) in [6.07, 6.45) is 8.89. The molecule has 0 aromatic heterocycles. The average Bonchev–Trinajstić information content (AvgIpc) is 2.76. The van der Waals surface area contributed by atoms with E-state index >= 15 is 0 Å². The summed E-state index contributed by atoms with van der Waals surface area (Å²) in [6, 6.07) is 0.749. The Morgan fingerprint density at radius 3 is 2.65 bits per heavy atom. The maximum Gasteiger partial charge on any atom is 0.324 e. The monoisotopic (exact) mass is 282 g/mol. The van der Waals surface area contributed by atoms with Crippen LogP contribution in [-0.4, -0.2) is 47.7 Å². The predicted octanol–water partition coefficient (Wildman–Crippen LogP) is 2.48. The van der Waals surface area contributed by atoms with Crippen LogP contribution in [0.2, 0.25) is 0 Å². The van der Waals surface area contributed by atoms with Gasteiger partial charge in [-0.3, -0.25) is 4.79 Å². The zero-order valence-corrected chi connectivity index (χ0v) is 13.0. The quantitative estimate of drug-likeness (QED) is 0.718. The highest BCUT2D eigenvalue weighted by atomic mass is 16.4. The number of rotatable bonds is 8. The van der Waals surface area contributed by atoms with Gasteiger partial charge in [0.25, 0.3) is 0 Å². The lowest BCUT2D eigenvalue weighted by Gasteiger charge is -2.37. The molecule has 0 bridgehead atoms. The van der Waals surface area contributed by atoms with Crippen LogP contribution in [0.3, 0.4) is 0 Å². The van der Waals surface area contributed by atoms with Gasteiger partial charge in [-0.15, -0.1) is 0 Å². The number of carboxylic acids is 1. The van der Waals surface area contributed by atoms with E-state index in [1.165, 1.54) is 19.3 Å². The van der Waals surface area contributed by atoms with Crippen LogP contribution >= 0.6 is 0 Å². The molecule has 2 atom stereocenters. The molecular weight excluding hydrogens is 252 g/mol. The predicted molar refractivity (Wildman–Crippen MR) is 80.9 cm³/mol. The lowest BCUT2D eigenvalue weighted by molar-refractivity contribution is -0.146. The number of aliphatic carboxylic acids is 1. The second kappa shape index (κ2) is 6.90. The summed E-state index contributed by atoms with van der Waals surface area (Å²) in [4.78, 5) is 14.2. The van der Waals surface area contributed by atoms with Crippen LogP contribution in [0.1, 0.15) is 58.3 Å². The number of nitrogens with zero attached hydrogens (tertiary/aromatic N) is 1. The third kappa shape index (κ3) is 3.17. The minimum absolute atomic E-state index is 0.286. The Morgan fingerprint density at radius 2 is 2.10 bits per heavy atom. The fraction of sp³-hybridized carbons (Fsp3) is 0.938. The van der Waals surface area contributed by atoms with Gasteiger partial charge in [0.1, 0.15) is 5.54 Å². The van der Waals surface area contributed by atoms with E-state index in [-0.39, 0.29) is 5.92 Å². The summed E-state index contributed by atoms with van der Waals surface area (Å²) in [5, 5.41) is 13.1. The lowest BCUT2D eigenvalue weighted by atomic mass is 9.83. The van der Waals surface area contributed by atoms with E-state index in [1.54, 1.807) is 0 Å². The molecule has 0 aromatic carbocycles. The van der Waals surface area contributed by atoms with Gasteiger partial charge in [-0.2, -0.15) is 0 Å². The van der Waals surface area contributed by atoms with Crippen molar-refractivity contribution < 1.29 is 9.90 Å². The fourth-order valence-corrected chi connectivity index (χ4v) is 3.78. The molecule has 0 amide bonds. The lowest BCUT2D eigenvalue weighted by Crippen LogP contribution is -2.55. The SMILES string of the molecule is CCCNC1(C(=O)O)CCCC1CCN(C)C1CCC1. The molecule has 0 radical (unpaired) electrons. The van der Waals surface area contributed by atoms with E-state index in [0.29, 0.717) is 0 Å².